The Kier molecular flexibility index (Phi) is 9.56. The van der Waals surface area contributed by atoms with E-state index in [-0.39, 0.29) is 11.8 Å². The molecule has 5 rings (SSSR count). The summed E-state index contributed by atoms with van der Waals surface area (Å²) >= 11 is 1.50. The molecule has 0 unspecified atom stereocenters. The summed E-state index contributed by atoms with van der Waals surface area (Å²) < 4.78 is 0. The molecule has 14 heteroatoms. The highest BCUT2D eigenvalue weighted by Crippen LogP contribution is 2.32. The Morgan fingerprint density at radius 1 is 1.00 bits per heavy atom. The lowest BCUT2D eigenvalue weighted by molar-refractivity contribution is -0.147. The van der Waals surface area contributed by atoms with Gasteiger partial charge in [-0.1, -0.05) is 0 Å². The number of hydrogen-bond donors (Lipinski definition) is 5. The summed E-state index contributed by atoms with van der Waals surface area (Å²) in [4.78, 5) is 46.0. The van der Waals surface area contributed by atoms with E-state index >= 15 is 0 Å². The van der Waals surface area contributed by atoms with Gasteiger partial charge < -0.3 is 30.6 Å². The number of rotatable bonds is 9. The Bertz CT molecular complexity index is 1330. The van der Waals surface area contributed by atoms with Crippen molar-refractivity contribution in [3.63, 3.8) is 0 Å². The predicted octanol–water partition coefficient (Wildman–Crippen LogP) is 3.05. The molecule has 5 N–H and O–H groups in total. The summed E-state index contributed by atoms with van der Waals surface area (Å²) in [5.41, 5.74) is 1.80. The van der Waals surface area contributed by atoms with Gasteiger partial charge in [0.15, 0.2) is 11.0 Å². The van der Waals surface area contributed by atoms with Crippen LogP contribution in [0.1, 0.15) is 25.0 Å². The van der Waals surface area contributed by atoms with Crippen molar-refractivity contribution in [2.75, 3.05) is 48.8 Å². The Morgan fingerprint density at radius 2 is 1.68 bits per heavy atom. The minimum absolute atomic E-state index is 0.114. The standard InChI is InChI=1S/C23H28N8OS.C3H4O4/c1-15-13-20(29-28-15)25-19-14-21(31-11-9-30(2)10-12-31)27-23(26-19)33-18-7-5-17(6-8-18)24-22(32)16-3-4-16;4-2(5)1-3(6)7/h5-8,13-14,16H,3-4,9-12H2,1-2H3,(H,24,32)(H2,25,26,27,28,29);1H2,(H,4,5)(H,6,7). The normalized spacial score (nSPS) is 15.1. The van der Waals surface area contributed by atoms with Crippen LogP contribution >= 0.6 is 11.8 Å². The number of aliphatic carboxylic acids is 2. The van der Waals surface area contributed by atoms with Gasteiger partial charge in [0.25, 0.3) is 0 Å². The maximum Gasteiger partial charge on any atom is 0.314 e. The number of carbonyl (C=O) groups excluding carboxylic acids is 1. The van der Waals surface area contributed by atoms with Gasteiger partial charge in [-0.25, -0.2) is 9.97 Å². The average molecular weight is 569 g/mol. The van der Waals surface area contributed by atoms with Gasteiger partial charge in [0.2, 0.25) is 5.91 Å². The van der Waals surface area contributed by atoms with Gasteiger partial charge in [0.1, 0.15) is 18.1 Å². The molecule has 40 heavy (non-hydrogen) atoms. The Morgan fingerprint density at radius 3 is 2.23 bits per heavy atom. The minimum Gasteiger partial charge on any atom is -0.481 e. The van der Waals surface area contributed by atoms with Crippen molar-refractivity contribution in [3.8, 4) is 0 Å². The number of aromatic nitrogens is 4. The van der Waals surface area contributed by atoms with Crippen molar-refractivity contribution in [1.82, 2.24) is 25.1 Å². The number of nitrogens with zero attached hydrogens (tertiary/aromatic N) is 5. The fourth-order valence-corrected chi connectivity index (χ4v) is 4.53. The van der Waals surface area contributed by atoms with E-state index in [1.165, 1.54) is 11.8 Å². The van der Waals surface area contributed by atoms with Gasteiger partial charge in [-0.05, 0) is 62.8 Å². The first-order valence-electron chi connectivity index (χ1n) is 12.8. The molecule has 1 saturated heterocycles. The second-order valence-electron chi connectivity index (χ2n) is 9.60. The van der Waals surface area contributed by atoms with Crippen LogP contribution in [-0.2, 0) is 14.4 Å². The van der Waals surface area contributed by atoms with Crippen LogP contribution in [0.3, 0.4) is 0 Å². The quantitative estimate of drug-likeness (QED) is 0.189. The molecule has 212 valence electrons. The van der Waals surface area contributed by atoms with Crippen LogP contribution in [0.25, 0.3) is 0 Å². The fraction of sp³-hybridized carbons (Fsp3) is 0.385. The number of benzene rings is 1. The third-order valence-electron chi connectivity index (χ3n) is 6.06. The first-order valence-corrected chi connectivity index (χ1v) is 13.6. The van der Waals surface area contributed by atoms with E-state index in [0.717, 1.165) is 66.9 Å². The number of H-pyrrole nitrogens is 1. The van der Waals surface area contributed by atoms with Crippen molar-refractivity contribution < 1.29 is 24.6 Å². The van der Waals surface area contributed by atoms with E-state index in [0.29, 0.717) is 11.0 Å². The highest BCUT2D eigenvalue weighted by atomic mass is 32.2. The summed E-state index contributed by atoms with van der Waals surface area (Å²) in [6.45, 7) is 5.82. The molecule has 2 aliphatic rings. The topological polar surface area (TPSA) is 177 Å². The smallest absolute Gasteiger partial charge is 0.314 e. The van der Waals surface area contributed by atoms with Gasteiger partial charge in [-0.15, -0.1) is 0 Å². The van der Waals surface area contributed by atoms with Crippen LogP contribution in [0.2, 0.25) is 0 Å². The van der Waals surface area contributed by atoms with Crippen molar-refractivity contribution in [3.05, 3.63) is 42.1 Å². The highest BCUT2D eigenvalue weighted by molar-refractivity contribution is 7.99. The zero-order valence-electron chi connectivity index (χ0n) is 22.3. The maximum atomic E-state index is 12.0. The minimum atomic E-state index is -1.31. The molecule has 1 aromatic carbocycles. The number of anilines is 4. The van der Waals surface area contributed by atoms with Crippen LogP contribution in [0.15, 0.2) is 46.5 Å². The molecule has 13 nitrogen and oxygen atoms in total. The molecule has 2 aromatic heterocycles. The lowest BCUT2D eigenvalue weighted by Crippen LogP contribution is -2.44. The molecule has 1 aliphatic heterocycles. The Hall–Kier alpha value is -4.17. The number of aryl methyl sites for hydroxylation is 1. The molecule has 0 bridgehead atoms. The number of carbonyl (C=O) groups is 3. The summed E-state index contributed by atoms with van der Waals surface area (Å²) in [7, 11) is 2.14. The number of aromatic amines is 1. The van der Waals surface area contributed by atoms with Gasteiger partial charge in [0.05, 0.1) is 0 Å². The van der Waals surface area contributed by atoms with Crippen molar-refractivity contribution >= 4 is 52.7 Å². The predicted molar refractivity (Wildman–Crippen MR) is 150 cm³/mol. The first kappa shape index (κ1) is 28.8. The number of amides is 1. The van der Waals surface area contributed by atoms with Gasteiger partial charge in [-0.3, -0.25) is 19.5 Å². The highest BCUT2D eigenvalue weighted by Gasteiger charge is 2.29. The summed E-state index contributed by atoms with van der Waals surface area (Å²) in [6, 6.07) is 11.8. The molecular weight excluding hydrogens is 536 g/mol. The largest absolute Gasteiger partial charge is 0.481 e. The third-order valence-corrected chi connectivity index (χ3v) is 6.94. The van der Waals surface area contributed by atoms with Gasteiger partial charge in [0, 0.05) is 60.5 Å². The average Bonchev–Trinajstić information content (AvgIpc) is 3.67. The molecule has 1 saturated carbocycles. The molecule has 0 radical (unpaired) electrons. The summed E-state index contributed by atoms with van der Waals surface area (Å²) in [5, 5.41) is 29.6. The van der Waals surface area contributed by atoms with E-state index in [4.69, 9.17) is 20.2 Å². The number of likely N-dealkylation sites (N-methyl/N-ethyl adjacent to an activating group) is 1. The molecular formula is C26H32N8O5S. The van der Waals surface area contributed by atoms with Gasteiger partial charge in [-0.2, -0.15) is 5.10 Å². The zero-order valence-corrected chi connectivity index (χ0v) is 23.1. The SMILES string of the molecule is Cc1cc(Nc2cc(N3CCN(C)CC3)nc(Sc3ccc(NC(=O)C4CC4)cc3)n2)n[nH]1.O=C(O)CC(=O)O. The van der Waals surface area contributed by atoms with Crippen LogP contribution in [0.4, 0.5) is 23.1 Å². The number of nitrogens with one attached hydrogen (secondary N) is 3. The molecule has 2 fully saturated rings. The number of piperazine rings is 1. The number of hydrogen-bond acceptors (Lipinski definition) is 10. The summed E-state index contributed by atoms with van der Waals surface area (Å²) in [6.07, 6.45) is 1.18. The van der Waals surface area contributed by atoms with Gasteiger partial charge >= 0.3 is 11.9 Å². The lowest BCUT2D eigenvalue weighted by atomic mass is 10.3. The van der Waals surface area contributed by atoms with Crippen LogP contribution in [0, 0.1) is 12.8 Å². The van der Waals surface area contributed by atoms with E-state index in [1.807, 2.05) is 43.3 Å². The molecule has 3 heterocycles. The number of carboxylic acids is 2. The van der Waals surface area contributed by atoms with E-state index in [1.54, 1.807) is 0 Å². The van der Waals surface area contributed by atoms with Crippen LogP contribution in [0.5, 0.6) is 0 Å². The third kappa shape index (κ3) is 8.95. The van der Waals surface area contributed by atoms with Crippen molar-refractivity contribution in [2.45, 2.75) is 36.2 Å². The maximum absolute atomic E-state index is 12.0. The molecule has 0 spiro atoms. The van der Waals surface area contributed by atoms with E-state index in [2.05, 4.69) is 37.7 Å². The molecule has 0 atom stereocenters. The molecule has 1 aliphatic carbocycles. The molecule has 1 amide bonds. The monoisotopic (exact) mass is 568 g/mol. The van der Waals surface area contributed by atoms with Crippen molar-refractivity contribution in [2.24, 2.45) is 5.92 Å². The van der Waals surface area contributed by atoms with Crippen LogP contribution in [-0.4, -0.2) is 86.4 Å². The lowest BCUT2D eigenvalue weighted by Gasteiger charge is -2.33. The second-order valence-corrected chi connectivity index (χ2v) is 10.6. The van der Waals surface area contributed by atoms with Crippen molar-refractivity contribution in [1.29, 1.82) is 0 Å². The Labute approximate surface area is 235 Å². The zero-order chi connectivity index (χ0) is 28.6. The first-order chi connectivity index (χ1) is 19.1. The van der Waals surface area contributed by atoms with E-state index < -0.39 is 18.4 Å². The summed E-state index contributed by atoms with van der Waals surface area (Å²) in [5.74, 6) is 0.0177. The fourth-order valence-electron chi connectivity index (χ4n) is 3.76. The van der Waals surface area contributed by atoms with E-state index in [9.17, 15) is 14.4 Å². The number of carboxylic acid groups (broad SMARTS) is 2. The molecule has 3 aromatic rings. The van der Waals surface area contributed by atoms with Crippen LogP contribution < -0.4 is 15.5 Å². The second kappa shape index (κ2) is 13.3. The Balaban J connectivity index is 0.000000470.